The van der Waals surface area contributed by atoms with Crippen LogP contribution >= 0.6 is 0 Å². The van der Waals surface area contributed by atoms with E-state index in [0.29, 0.717) is 31.9 Å². The highest BCUT2D eigenvalue weighted by molar-refractivity contribution is 5.95. The lowest BCUT2D eigenvalue weighted by atomic mass is 10.2. The largest absolute Gasteiger partial charge is 0.382 e. The van der Waals surface area contributed by atoms with Crippen molar-refractivity contribution in [2.45, 2.75) is 13.0 Å². The summed E-state index contributed by atoms with van der Waals surface area (Å²) >= 11 is 0. The molecule has 1 aliphatic heterocycles. The van der Waals surface area contributed by atoms with E-state index >= 15 is 0 Å². The van der Waals surface area contributed by atoms with Crippen LogP contribution < -0.4 is 0 Å². The normalized spacial score (nSPS) is 19.1. The molecular weight excluding hydrogens is 270 g/mol. The van der Waals surface area contributed by atoms with Gasteiger partial charge in [-0.3, -0.25) is 4.79 Å². The van der Waals surface area contributed by atoms with Gasteiger partial charge < -0.3 is 18.8 Å². The molecule has 1 fully saturated rings. The smallest absolute Gasteiger partial charge is 0.254 e. The van der Waals surface area contributed by atoms with E-state index in [4.69, 9.17) is 9.47 Å². The van der Waals surface area contributed by atoms with Gasteiger partial charge in [-0.15, -0.1) is 0 Å². The fraction of sp³-hybridized carbons (Fsp3) is 0.467. The second-order valence-electron chi connectivity index (χ2n) is 5.24. The molecule has 0 spiro atoms. The molecule has 112 valence electrons. The molecule has 0 aromatic carbocycles. The number of hydrogen-bond donors (Lipinski definition) is 0. The highest BCUT2D eigenvalue weighted by Crippen LogP contribution is 2.14. The van der Waals surface area contributed by atoms with Gasteiger partial charge in [-0.1, -0.05) is 0 Å². The average Bonchev–Trinajstić information content (AvgIpc) is 2.88. The number of rotatable bonds is 3. The number of morpholine rings is 1. The third kappa shape index (κ3) is 2.77. The van der Waals surface area contributed by atoms with Crippen molar-refractivity contribution in [1.29, 1.82) is 0 Å². The molecule has 1 amide bonds. The quantitative estimate of drug-likeness (QED) is 0.850. The van der Waals surface area contributed by atoms with Gasteiger partial charge in [0.05, 0.1) is 19.3 Å². The number of aryl methyl sites for hydroxylation is 1. The van der Waals surface area contributed by atoms with Crippen LogP contribution in [0.2, 0.25) is 0 Å². The minimum Gasteiger partial charge on any atom is -0.382 e. The van der Waals surface area contributed by atoms with Gasteiger partial charge in [-0.05, 0) is 19.1 Å². The lowest BCUT2D eigenvalue weighted by molar-refractivity contribution is -0.0531. The molecule has 1 atom stereocenters. The summed E-state index contributed by atoms with van der Waals surface area (Å²) in [6.45, 7) is 4.20. The van der Waals surface area contributed by atoms with Crippen molar-refractivity contribution in [3.05, 3.63) is 35.8 Å². The Morgan fingerprint density at radius 1 is 1.57 bits per heavy atom. The molecule has 0 saturated carbocycles. The molecule has 0 radical (unpaired) electrons. The lowest BCUT2D eigenvalue weighted by Gasteiger charge is -2.32. The second-order valence-corrected chi connectivity index (χ2v) is 5.24. The molecule has 1 aliphatic rings. The van der Waals surface area contributed by atoms with E-state index in [0.717, 1.165) is 11.3 Å². The van der Waals surface area contributed by atoms with Crippen LogP contribution in [0.5, 0.6) is 0 Å². The minimum absolute atomic E-state index is 0.0163. The van der Waals surface area contributed by atoms with Gasteiger partial charge in [0.25, 0.3) is 5.91 Å². The summed E-state index contributed by atoms with van der Waals surface area (Å²) in [5.74, 6) is 0.0163. The van der Waals surface area contributed by atoms with Gasteiger partial charge >= 0.3 is 0 Å². The van der Waals surface area contributed by atoms with Gasteiger partial charge in [0.1, 0.15) is 5.65 Å². The Bertz CT molecular complexity index is 651. The predicted molar refractivity (Wildman–Crippen MR) is 77.4 cm³/mol. The Balaban J connectivity index is 1.79. The number of pyridine rings is 1. The number of amides is 1. The molecule has 3 heterocycles. The minimum atomic E-state index is -0.0508. The molecule has 0 N–H and O–H groups in total. The summed E-state index contributed by atoms with van der Waals surface area (Å²) in [5, 5.41) is 0. The van der Waals surface area contributed by atoms with Gasteiger partial charge in [0.15, 0.2) is 0 Å². The summed E-state index contributed by atoms with van der Waals surface area (Å²) < 4.78 is 12.6. The topological polar surface area (TPSA) is 56.1 Å². The van der Waals surface area contributed by atoms with Crippen molar-refractivity contribution in [3.8, 4) is 0 Å². The van der Waals surface area contributed by atoms with Gasteiger partial charge in [0, 0.05) is 43.9 Å². The summed E-state index contributed by atoms with van der Waals surface area (Å²) in [4.78, 5) is 18.7. The fourth-order valence-electron chi connectivity index (χ4n) is 2.61. The highest BCUT2D eigenvalue weighted by atomic mass is 16.5. The summed E-state index contributed by atoms with van der Waals surface area (Å²) in [7, 11) is 1.64. The van der Waals surface area contributed by atoms with E-state index < -0.39 is 0 Å². The van der Waals surface area contributed by atoms with Crippen LogP contribution in [0, 0.1) is 6.92 Å². The maximum absolute atomic E-state index is 12.6. The monoisotopic (exact) mass is 289 g/mol. The third-order valence-electron chi connectivity index (χ3n) is 3.72. The SMILES string of the molecule is COCC1CN(C(=O)c2ccn3c(C)cnc3c2)CCO1. The molecule has 0 bridgehead atoms. The molecule has 1 saturated heterocycles. The average molecular weight is 289 g/mol. The van der Waals surface area contributed by atoms with Crippen LogP contribution in [0.15, 0.2) is 24.5 Å². The first kappa shape index (κ1) is 14.0. The Morgan fingerprint density at radius 3 is 3.24 bits per heavy atom. The maximum atomic E-state index is 12.6. The fourth-order valence-corrected chi connectivity index (χ4v) is 2.61. The Kier molecular flexibility index (Phi) is 3.90. The summed E-state index contributed by atoms with van der Waals surface area (Å²) in [6.07, 6.45) is 3.63. The molecule has 6 nitrogen and oxygen atoms in total. The third-order valence-corrected chi connectivity index (χ3v) is 3.72. The molecule has 1 unspecified atom stereocenters. The molecule has 0 aliphatic carbocycles. The first-order valence-electron chi connectivity index (χ1n) is 7.02. The van der Waals surface area contributed by atoms with Crippen LogP contribution in [0.4, 0.5) is 0 Å². The Morgan fingerprint density at radius 2 is 2.43 bits per heavy atom. The van der Waals surface area contributed by atoms with Crippen LogP contribution in [0.3, 0.4) is 0 Å². The number of imidazole rings is 1. The number of methoxy groups -OCH3 is 1. The zero-order valence-electron chi connectivity index (χ0n) is 12.3. The van der Waals surface area contributed by atoms with E-state index in [1.807, 2.05) is 34.6 Å². The predicted octanol–water partition coefficient (Wildman–Crippen LogP) is 1.13. The van der Waals surface area contributed by atoms with Crippen LogP contribution in [-0.2, 0) is 9.47 Å². The maximum Gasteiger partial charge on any atom is 0.254 e. The number of fused-ring (bicyclic) bond motifs is 1. The van der Waals surface area contributed by atoms with Crippen LogP contribution in [0.25, 0.3) is 5.65 Å². The van der Waals surface area contributed by atoms with Gasteiger partial charge in [-0.2, -0.15) is 0 Å². The first-order chi connectivity index (χ1) is 10.2. The van der Waals surface area contributed by atoms with Crippen molar-refractivity contribution in [2.24, 2.45) is 0 Å². The van der Waals surface area contributed by atoms with Crippen LogP contribution in [-0.4, -0.2) is 59.7 Å². The number of ether oxygens (including phenoxy) is 2. The Labute approximate surface area is 123 Å². The van der Waals surface area contributed by atoms with E-state index in [9.17, 15) is 4.79 Å². The molecule has 21 heavy (non-hydrogen) atoms. The lowest BCUT2D eigenvalue weighted by Crippen LogP contribution is -2.47. The van der Waals surface area contributed by atoms with E-state index in [2.05, 4.69) is 4.98 Å². The van der Waals surface area contributed by atoms with E-state index in [1.54, 1.807) is 13.3 Å². The zero-order valence-corrected chi connectivity index (χ0v) is 12.3. The Hall–Kier alpha value is -1.92. The number of nitrogens with zero attached hydrogens (tertiary/aromatic N) is 3. The van der Waals surface area contributed by atoms with E-state index in [1.165, 1.54) is 0 Å². The highest BCUT2D eigenvalue weighted by Gasteiger charge is 2.25. The van der Waals surface area contributed by atoms with Crippen molar-refractivity contribution in [1.82, 2.24) is 14.3 Å². The standard InChI is InChI=1S/C15H19N3O3/c1-11-8-16-14-7-12(3-4-18(11)14)15(19)17-5-6-21-13(9-17)10-20-2/h3-4,7-8,13H,5-6,9-10H2,1-2H3. The zero-order chi connectivity index (χ0) is 14.8. The number of carbonyl (C=O) groups excluding carboxylic acids is 1. The van der Waals surface area contributed by atoms with Crippen molar-refractivity contribution in [2.75, 3.05) is 33.4 Å². The molecule has 2 aromatic heterocycles. The van der Waals surface area contributed by atoms with Gasteiger partial charge in [0.2, 0.25) is 0 Å². The van der Waals surface area contributed by atoms with Crippen molar-refractivity contribution in [3.63, 3.8) is 0 Å². The summed E-state index contributed by atoms with van der Waals surface area (Å²) in [6, 6.07) is 3.67. The van der Waals surface area contributed by atoms with Gasteiger partial charge in [-0.25, -0.2) is 4.98 Å². The molecule has 2 aromatic rings. The number of carbonyl (C=O) groups is 1. The van der Waals surface area contributed by atoms with E-state index in [-0.39, 0.29) is 12.0 Å². The molecule has 6 heteroatoms. The second kappa shape index (κ2) is 5.83. The molecular formula is C15H19N3O3. The van der Waals surface area contributed by atoms with Crippen molar-refractivity contribution >= 4 is 11.6 Å². The molecule has 3 rings (SSSR count). The number of aromatic nitrogens is 2. The van der Waals surface area contributed by atoms with Crippen LogP contribution in [0.1, 0.15) is 16.1 Å². The summed E-state index contributed by atoms with van der Waals surface area (Å²) in [5.41, 5.74) is 2.50. The number of hydrogen-bond acceptors (Lipinski definition) is 4. The first-order valence-corrected chi connectivity index (χ1v) is 7.02. The van der Waals surface area contributed by atoms with Crippen molar-refractivity contribution < 1.29 is 14.3 Å².